The minimum Gasteiger partial charge on any atom is -0.482 e. The number of hydrogen-bond acceptors (Lipinski definition) is 3. The van der Waals surface area contributed by atoms with Gasteiger partial charge in [-0.15, -0.1) is 0 Å². The third kappa shape index (κ3) is 4.59. The van der Waals surface area contributed by atoms with Crippen molar-refractivity contribution in [3.8, 4) is 5.75 Å². The molecule has 1 aromatic carbocycles. The van der Waals surface area contributed by atoms with Gasteiger partial charge in [0.15, 0.2) is 6.61 Å². The van der Waals surface area contributed by atoms with Crippen LogP contribution in [0, 0.1) is 11.7 Å². The van der Waals surface area contributed by atoms with Gasteiger partial charge in [0.1, 0.15) is 11.6 Å². The molecular weight excluding hydrogens is 304 g/mol. The Morgan fingerprint density at radius 3 is 2.68 bits per heavy atom. The Hall–Kier alpha value is -1.83. The van der Waals surface area contributed by atoms with E-state index in [0.717, 1.165) is 18.6 Å². The Labute approximate surface area is 124 Å². The van der Waals surface area contributed by atoms with Crippen LogP contribution in [-0.4, -0.2) is 24.7 Å². The summed E-state index contributed by atoms with van der Waals surface area (Å²) in [7, 11) is 0. The second-order valence-corrected chi connectivity index (χ2v) is 5.30. The summed E-state index contributed by atoms with van der Waals surface area (Å²) in [5.74, 6) is -1.75. The number of amides is 1. The van der Waals surface area contributed by atoms with E-state index in [0.29, 0.717) is 12.8 Å². The van der Waals surface area contributed by atoms with E-state index in [4.69, 9.17) is 5.73 Å². The van der Waals surface area contributed by atoms with Crippen LogP contribution in [0.5, 0.6) is 5.75 Å². The number of anilines is 1. The van der Waals surface area contributed by atoms with Gasteiger partial charge < -0.3 is 15.8 Å². The molecule has 0 heterocycles. The van der Waals surface area contributed by atoms with Crippen LogP contribution in [0.3, 0.4) is 0 Å². The molecule has 0 radical (unpaired) electrons. The van der Waals surface area contributed by atoms with Gasteiger partial charge >= 0.3 is 6.18 Å². The first kappa shape index (κ1) is 16.5. The quantitative estimate of drug-likeness (QED) is 0.839. The van der Waals surface area contributed by atoms with Gasteiger partial charge in [0.25, 0.3) is 0 Å². The fraction of sp³-hybridized carbons (Fsp3) is 0.500. The van der Waals surface area contributed by atoms with Crippen molar-refractivity contribution < 1.29 is 27.1 Å². The lowest BCUT2D eigenvalue weighted by Gasteiger charge is -2.16. The number of alkyl halides is 3. The number of nitrogens with two attached hydrogens (primary N) is 1. The summed E-state index contributed by atoms with van der Waals surface area (Å²) in [6.07, 6.45) is -2.69. The number of hydrogen-bond donors (Lipinski definition) is 2. The minimum atomic E-state index is -4.55. The van der Waals surface area contributed by atoms with Crippen molar-refractivity contribution in [3.05, 3.63) is 24.0 Å². The van der Waals surface area contributed by atoms with Crippen LogP contribution in [0.4, 0.5) is 23.2 Å². The summed E-state index contributed by atoms with van der Waals surface area (Å²) < 4.78 is 54.3. The number of nitrogens with one attached hydrogen (secondary N) is 1. The molecule has 1 amide bonds. The molecule has 3 N–H and O–H groups in total. The third-order valence-electron chi connectivity index (χ3n) is 3.44. The predicted octanol–water partition coefficient (Wildman–Crippen LogP) is 2.83. The maximum atomic E-state index is 13.2. The molecular formula is C14H16F4N2O2. The van der Waals surface area contributed by atoms with E-state index in [2.05, 4.69) is 10.1 Å². The first-order chi connectivity index (χ1) is 10.2. The van der Waals surface area contributed by atoms with E-state index in [1.165, 1.54) is 6.07 Å². The van der Waals surface area contributed by atoms with Gasteiger partial charge in [0, 0.05) is 18.0 Å². The van der Waals surface area contributed by atoms with Crippen LogP contribution in [0.25, 0.3) is 0 Å². The summed E-state index contributed by atoms with van der Waals surface area (Å²) >= 11 is 0. The van der Waals surface area contributed by atoms with Crippen molar-refractivity contribution in [1.82, 2.24) is 0 Å². The number of carbonyl (C=O) groups is 1. The van der Waals surface area contributed by atoms with Crippen LogP contribution < -0.4 is 15.8 Å². The SMILES string of the molecule is NC1CCC(C(=O)Nc2ccc(F)cc2OCC(F)(F)F)C1. The molecule has 122 valence electrons. The molecule has 0 aromatic heterocycles. The highest BCUT2D eigenvalue weighted by molar-refractivity contribution is 5.94. The molecule has 8 heteroatoms. The lowest BCUT2D eigenvalue weighted by atomic mass is 10.1. The number of halogens is 4. The predicted molar refractivity (Wildman–Crippen MR) is 71.9 cm³/mol. The van der Waals surface area contributed by atoms with Gasteiger partial charge in [-0.05, 0) is 31.4 Å². The van der Waals surface area contributed by atoms with Crippen molar-refractivity contribution in [2.24, 2.45) is 11.7 Å². The fourth-order valence-electron chi connectivity index (χ4n) is 2.37. The van der Waals surface area contributed by atoms with Crippen molar-refractivity contribution in [2.45, 2.75) is 31.5 Å². The normalized spacial score (nSPS) is 21.7. The molecule has 2 rings (SSSR count). The van der Waals surface area contributed by atoms with Crippen molar-refractivity contribution in [2.75, 3.05) is 11.9 Å². The van der Waals surface area contributed by atoms with E-state index < -0.39 is 18.6 Å². The summed E-state index contributed by atoms with van der Waals surface area (Å²) in [5.41, 5.74) is 5.73. The molecule has 4 nitrogen and oxygen atoms in total. The highest BCUT2D eigenvalue weighted by Crippen LogP contribution is 2.30. The van der Waals surface area contributed by atoms with Gasteiger partial charge in [0.2, 0.25) is 5.91 Å². The molecule has 1 aliphatic carbocycles. The summed E-state index contributed by atoms with van der Waals surface area (Å²) in [4.78, 5) is 12.1. The van der Waals surface area contributed by atoms with Gasteiger partial charge in [-0.25, -0.2) is 4.39 Å². The smallest absolute Gasteiger partial charge is 0.422 e. The van der Waals surface area contributed by atoms with E-state index >= 15 is 0 Å². The molecule has 2 unspecified atom stereocenters. The molecule has 22 heavy (non-hydrogen) atoms. The van der Waals surface area contributed by atoms with E-state index in [-0.39, 0.29) is 29.3 Å². The number of ether oxygens (including phenoxy) is 1. The standard InChI is InChI=1S/C14H16F4N2O2/c15-9-2-4-11(12(6-9)22-7-14(16,17)18)20-13(21)8-1-3-10(19)5-8/h2,4,6,8,10H,1,3,5,7,19H2,(H,20,21). The zero-order valence-corrected chi connectivity index (χ0v) is 11.6. The maximum Gasteiger partial charge on any atom is 0.422 e. The lowest BCUT2D eigenvalue weighted by molar-refractivity contribution is -0.153. The molecule has 0 spiro atoms. The number of carbonyl (C=O) groups excluding carboxylic acids is 1. The average Bonchev–Trinajstić information content (AvgIpc) is 2.85. The molecule has 2 atom stereocenters. The first-order valence-corrected chi connectivity index (χ1v) is 6.80. The summed E-state index contributed by atoms with van der Waals surface area (Å²) in [6.45, 7) is -1.56. The fourth-order valence-corrected chi connectivity index (χ4v) is 2.37. The topological polar surface area (TPSA) is 64.4 Å². The lowest BCUT2D eigenvalue weighted by Crippen LogP contribution is -2.24. The van der Waals surface area contributed by atoms with Gasteiger partial charge in [-0.2, -0.15) is 13.2 Å². The van der Waals surface area contributed by atoms with Crippen molar-refractivity contribution in [3.63, 3.8) is 0 Å². The molecule has 0 aliphatic heterocycles. The minimum absolute atomic E-state index is 0.0103. The van der Waals surface area contributed by atoms with Crippen molar-refractivity contribution >= 4 is 11.6 Å². The monoisotopic (exact) mass is 320 g/mol. The highest BCUT2D eigenvalue weighted by Gasteiger charge is 2.30. The maximum absolute atomic E-state index is 13.2. The Kier molecular flexibility index (Phi) is 4.90. The second-order valence-electron chi connectivity index (χ2n) is 5.30. The van der Waals surface area contributed by atoms with E-state index in [1.54, 1.807) is 0 Å². The van der Waals surface area contributed by atoms with Gasteiger partial charge in [-0.1, -0.05) is 0 Å². The van der Waals surface area contributed by atoms with Gasteiger partial charge in [-0.3, -0.25) is 4.79 Å². The molecule has 1 aliphatic rings. The van der Waals surface area contributed by atoms with E-state index in [9.17, 15) is 22.4 Å². The van der Waals surface area contributed by atoms with Crippen LogP contribution >= 0.6 is 0 Å². The molecule has 0 saturated heterocycles. The zero-order chi connectivity index (χ0) is 16.3. The van der Waals surface area contributed by atoms with Crippen LogP contribution in [0.1, 0.15) is 19.3 Å². The molecule has 1 saturated carbocycles. The average molecular weight is 320 g/mol. The summed E-state index contributed by atoms with van der Waals surface area (Å²) in [5, 5.41) is 2.48. The Balaban J connectivity index is 2.07. The molecule has 0 bridgehead atoms. The van der Waals surface area contributed by atoms with Gasteiger partial charge in [0.05, 0.1) is 5.69 Å². The Morgan fingerprint density at radius 2 is 2.09 bits per heavy atom. The second kappa shape index (κ2) is 6.51. The Bertz CT molecular complexity index is 548. The van der Waals surface area contributed by atoms with Crippen LogP contribution in [0.15, 0.2) is 18.2 Å². The largest absolute Gasteiger partial charge is 0.482 e. The first-order valence-electron chi connectivity index (χ1n) is 6.80. The number of benzene rings is 1. The molecule has 1 fully saturated rings. The van der Waals surface area contributed by atoms with E-state index in [1.807, 2.05) is 0 Å². The van der Waals surface area contributed by atoms with Crippen molar-refractivity contribution in [1.29, 1.82) is 0 Å². The highest BCUT2D eigenvalue weighted by atomic mass is 19.4. The van der Waals surface area contributed by atoms with Crippen LogP contribution in [-0.2, 0) is 4.79 Å². The number of rotatable bonds is 4. The summed E-state index contributed by atoms with van der Waals surface area (Å²) in [6, 6.07) is 2.97. The Morgan fingerprint density at radius 1 is 1.36 bits per heavy atom. The van der Waals surface area contributed by atoms with Crippen LogP contribution in [0.2, 0.25) is 0 Å². The zero-order valence-electron chi connectivity index (χ0n) is 11.6. The third-order valence-corrected chi connectivity index (χ3v) is 3.44. The molecule has 1 aromatic rings.